The zero-order chi connectivity index (χ0) is 18.3. The highest BCUT2D eigenvalue weighted by Gasteiger charge is 2.32. The molecule has 1 aromatic carbocycles. The van der Waals surface area contributed by atoms with Crippen LogP contribution in [-0.4, -0.2) is 19.7 Å². The number of alkyl halides is 3. The molecule has 0 aliphatic carbocycles. The first-order chi connectivity index (χ1) is 12.4. The Hall–Kier alpha value is -3.22. The van der Waals surface area contributed by atoms with E-state index in [-0.39, 0.29) is 5.52 Å². The van der Waals surface area contributed by atoms with Crippen LogP contribution in [0.25, 0.3) is 27.8 Å². The topological polar surface area (TPSA) is 43.6 Å². The van der Waals surface area contributed by atoms with Crippen LogP contribution < -0.4 is 0 Å². The normalized spacial score (nSPS) is 11.8. The van der Waals surface area contributed by atoms with Crippen LogP contribution in [0, 0.1) is 6.92 Å². The number of nitrogens with zero attached hydrogens (tertiary/aromatic N) is 4. The number of aromatic nitrogens is 4. The van der Waals surface area contributed by atoms with Crippen molar-refractivity contribution in [3.63, 3.8) is 0 Å². The van der Waals surface area contributed by atoms with Crippen LogP contribution in [0.4, 0.5) is 13.2 Å². The summed E-state index contributed by atoms with van der Waals surface area (Å²) in [4.78, 5) is 7.97. The second-order valence-corrected chi connectivity index (χ2v) is 5.94. The van der Waals surface area contributed by atoms with Crippen molar-refractivity contribution in [3.8, 4) is 16.9 Å². The molecule has 7 heteroatoms. The molecule has 0 aliphatic heterocycles. The van der Waals surface area contributed by atoms with Gasteiger partial charge in [-0.3, -0.25) is 0 Å². The molecule has 0 unspecified atom stereocenters. The fraction of sp³-hybridized carbons (Fsp3) is 0.105. The molecule has 0 N–H and O–H groups in total. The van der Waals surface area contributed by atoms with E-state index in [2.05, 4.69) is 15.1 Å². The summed E-state index contributed by atoms with van der Waals surface area (Å²) < 4.78 is 40.1. The SMILES string of the molecule is Cc1ccc(-c2cnn(-c3nccc4nc(C(F)(F)F)ccc34)c2)cc1. The molecular formula is C19H13F3N4. The van der Waals surface area contributed by atoms with Gasteiger partial charge in [0.05, 0.1) is 11.7 Å². The highest BCUT2D eigenvalue weighted by molar-refractivity contribution is 5.85. The Morgan fingerprint density at radius 2 is 1.69 bits per heavy atom. The molecular weight excluding hydrogens is 341 g/mol. The Labute approximate surface area is 147 Å². The van der Waals surface area contributed by atoms with Crippen LogP contribution in [0.15, 0.2) is 61.1 Å². The second-order valence-electron chi connectivity index (χ2n) is 5.94. The van der Waals surface area contributed by atoms with Gasteiger partial charge in [-0.25, -0.2) is 14.6 Å². The molecule has 0 amide bonds. The molecule has 26 heavy (non-hydrogen) atoms. The smallest absolute Gasteiger partial charge is 0.243 e. The van der Waals surface area contributed by atoms with Crippen molar-refractivity contribution in [2.45, 2.75) is 13.1 Å². The number of hydrogen-bond donors (Lipinski definition) is 0. The van der Waals surface area contributed by atoms with E-state index in [1.807, 2.05) is 31.2 Å². The van der Waals surface area contributed by atoms with Crippen LogP contribution in [0.5, 0.6) is 0 Å². The summed E-state index contributed by atoms with van der Waals surface area (Å²) in [6.45, 7) is 2.01. The van der Waals surface area contributed by atoms with Crippen LogP contribution in [0.3, 0.4) is 0 Å². The Kier molecular flexibility index (Phi) is 3.72. The third-order valence-corrected chi connectivity index (χ3v) is 4.07. The molecule has 0 atom stereocenters. The predicted octanol–water partition coefficient (Wildman–Crippen LogP) is 4.81. The lowest BCUT2D eigenvalue weighted by atomic mass is 10.1. The van der Waals surface area contributed by atoms with Gasteiger partial charge in [-0.05, 0) is 30.7 Å². The number of benzene rings is 1. The van der Waals surface area contributed by atoms with Gasteiger partial charge in [0.25, 0.3) is 0 Å². The fourth-order valence-electron chi connectivity index (χ4n) is 2.71. The summed E-state index contributed by atoms with van der Waals surface area (Å²) in [7, 11) is 0. The third kappa shape index (κ3) is 2.92. The largest absolute Gasteiger partial charge is 0.433 e. The molecule has 130 valence electrons. The summed E-state index contributed by atoms with van der Waals surface area (Å²) in [6.07, 6.45) is 0.437. The minimum atomic E-state index is -4.48. The van der Waals surface area contributed by atoms with Crippen LogP contribution >= 0.6 is 0 Å². The minimum Gasteiger partial charge on any atom is -0.243 e. The Balaban J connectivity index is 1.79. The van der Waals surface area contributed by atoms with E-state index >= 15 is 0 Å². The van der Waals surface area contributed by atoms with Crippen molar-refractivity contribution in [1.82, 2.24) is 19.7 Å². The first-order valence-electron chi connectivity index (χ1n) is 7.87. The van der Waals surface area contributed by atoms with Crippen molar-refractivity contribution in [1.29, 1.82) is 0 Å². The van der Waals surface area contributed by atoms with Crippen LogP contribution in [0.2, 0.25) is 0 Å². The van der Waals surface area contributed by atoms with E-state index in [0.29, 0.717) is 11.2 Å². The molecule has 4 aromatic rings. The Morgan fingerprint density at radius 1 is 0.923 bits per heavy atom. The van der Waals surface area contributed by atoms with Gasteiger partial charge in [-0.1, -0.05) is 29.8 Å². The number of aryl methyl sites for hydroxylation is 1. The van der Waals surface area contributed by atoms with Gasteiger partial charge >= 0.3 is 6.18 Å². The number of hydrogen-bond acceptors (Lipinski definition) is 3. The lowest BCUT2D eigenvalue weighted by Crippen LogP contribution is -2.08. The van der Waals surface area contributed by atoms with Gasteiger partial charge in [0, 0.05) is 23.3 Å². The summed E-state index contributed by atoms with van der Waals surface area (Å²) in [6, 6.07) is 11.8. The number of fused-ring (bicyclic) bond motifs is 1. The maximum absolute atomic E-state index is 12.9. The van der Waals surface area contributed by atoms with E-state index in [9.17, 15) is 13.2 Å². The van der Waals surface area contributed by atoms with Crippen molar-refractivity contribution in [2.24, 2.45) is 0 Å². The highest BCUT2D eigenvalue weighted by atomic mass is 19.4. The molecule has 0 spiro atoms. The van der Waals surface area contributed by atoms with E-state index in [4.69, 9.17) is 0 Å². The Bertz CT molecular complexity index is 1080. The van der Waals surface area contributed by atoms with E-state index in [0.717, 1.165) is 22.8 Å². The van der Waals surface area contributed by atoms with Crippen molar-refractivity contribution >= 4 is 10.9 Å². The monoisotopic (exact) mass is 354 g/mol. The lowest BCUT2D eigenvalue weighted by Gasteiger charge is -2.09. The number of rotatable bonds is 2. The Morgan fingerprint density at radius 3 is 2.42 bits per heavy atom. The van der Waals surface area contributed by atoms with Crippen molar-refractivity contribution < 1.29 is 13.2 Å². The zero-order valence-electron chi connectivity index (χ0n) is 13.7. The molecule has 0 fully saturated rings. The standard InChI is InChI=1S/C19H13F3N4/c1-12-2-4-13(5-3-12)14-10-24-26(11-14)18-15-6-7-17(19(20,21)22)25-16(15)8-9-23-18/h2-11H,1H3. The van der Waals surface area contributed by atoms with Gasteiger partial charge in [0.15, 0.2) is 5.82 Å². The average Bonchev–Trinajstić information content (AvgIpc) is 3.10. The zero-order valence-corrected chi connectivity index (χ0v) is 13.7. The molecule has 0 aliphatic rings. The van der Waals surface area contributed by atoms with Crippen LogP contribution in [-0.2, 0) is 6.18 Å². The summed E-state index contributed by atoms with van der Waals surface area (Å²) in [5.74, 6) is 0.432. The molecule has 0 saturated heterocycles. The molecule has 0 saturated carbocycles. The molecule has 3 aromatic heterocycles. The fourth-order valence-corrected chi connectivity index (χ4v) is 2.71. The van der Waals surface area contributed by atoms with Gasteiger partial charge in [-0.2, -0.15) is 18.3 Å². The number of pyridine rings is 2. The first-order valence-corrected chi connectivity index (χ1v) is 7.87. The molecule has 3 heterocycles. The molecule has 4 nitrogen and oxygen atoms in total. The average molecular weight is 354 g/mol. The maximum atomic E-state index is 12.9. The van der Waals surface area contributed by atoms with Gasteiger partial charge in [-0.15, -0.1) is 0 Å². The van der Waals surface area contributed by atoms with Crippen molar-refractivity contribution in [2.75, 3.05) is 0 Å². The third-order valence-electron chi connectivity index (χ3n) is 4.07. The molecule has 4 rings (SSSR count). The predicted molar refractivity (Wildman–Crippen MR) is 91.8 cm³/mol. The maximum Gasteiger partial charge on any atom is 0.433 e. The van der Waals surface area contributed by atoms with Gasteiger partial charge in [0.1, 0.15) is 5.69 Å². The summed E-state index contributed by atoms with van der Waals surface area (Å²) >= 11 is 0. The molecule has 0 radical (unpaired) electrons. The highest BCUT2D eigenvalue weighted by Crippen LogP contribution is 2.30. The van der Waals surface area contributed by atoms with Gasteiger partial charge in [0.2, 0.25) is 0 Å². The molecule has 0 bridgehead atoms. The summed E-state index contributed by atoms with van der Waals surface area (Å²) in [5.41, 5.74) is 2.34. The van der Waals surface area contributed by atoms with E-state index in [1.165, 1.54) is 18.3 Å². The van der Waals surface area contributed by atoms with E-state index in [1.54, 1.807) is 17.1 Å². The minimum absolute atomic E-state index is 0.220. The second kappa shape index (κ2) is 5.94. The van der Waals surface area contributed by atoms with Crippen molar-refractivity contribution in [3.05, 3.63) is 72.3 Å². The van der Waals surface area contributed by atoms with Crippen LogP contribution in [0.1, 0.15) is 11.3 Å². The quantitative estimate of drug-likeness (QED) is 0.519. The van der Waals surface area contributed by atoms with E-state index < -0.39 is 11.9 Å². The summed E-state index contributed by atoms with van der Waals surface area (Å²) in [5, 5.41) is 4.81. The number of halogens is 3. The lowest BCUT2D eigenvalue weighted by molar-refractivity contribution is -0.140. The van der Waals surface area contributed by atoms with Gasteiger partial charge < -0.3 is 0 Å². The first kappa shape index (κ1) is 16.3.